The molecule has 0 aliphatic heterocycles. The van der Waals surface area contributed by atoms with Gasteiger partial charge in [0.1, 0.15) is 0 Å². The maximum absolute atomic E-state index is 12.4. The fraction of sp³-hybridized carbons (Fsp3) is 0.227. The first-order valence-corrected chi connectivity index (χ1v) is 8.13. The number of hydrogen-bond donors (Lipinski definition) is 0. The molecule has 0 heterocycles. The summed E-state index contributed by atoms with van der Waals surface area (Å²) in [4.78, 5) is 12.4. The van der Waals surface area contributed by atoms with Crippen molar-refractivity contribution in [2.24, 2.45) is 0 Å². The minimum absolute atomic E-state index is 0.387. The Labute approximate surface area is 144 Å². The number of carbonyl (C=O) groups excluding carboxylic acids is 1. The van der Waals surface area contributed by atoms with Crippen molar-refractivity contribution in [3.05, 3.63) is 89.5 Å². The van der Waals surface area contributed by atoms with Crippen molar-refractivity contribution in [2.45, 2.75) is 32.8 Å². The van der Waals surface area contributed by atoms with Crippen LogP contribution in [0.2, 0.25) is 0 Å². The van der Waals surface area contributed by atoms with E-state index in [2.05, 4.69) is 13.2 Å². The Balaban J connectivity index is 2.77. The van der Waals surface area contributed by atoms with E-state index in [1.165, 1.54) is 0 Å². The molecule has 0 aliphatic carbocycles. The minimum atomic E-state index is -0.869. The number of ether oxygens (including phenoxy) is 1. The van der Waals surface area contributed by atoms with Crippen LogP contribution >= 0.6 is 0 Å². The lowest BCUT2D eigenvalue weighted by Gasteiger charge is -2.36. The lowest BCUT2D eigenvalue weighted by molar-refractivity contribution is -0.152. The second-order valence-electron chi connectivity index (χ2n) is 5.96. The van der Waals surface area contributed by atoms with Gasteiger partial charge in [0.25, 0.3) is 0 Å². The van der Waals surface area contributed by atoms with Crippen molar-refractivity contribution in [1.29, 1.82) is 0 Å². The number of benzene rings is 2. The average molecular weight is 320 g/mol. The third kappa shape index (κ3) is 3.18. The van der Waals surface area contributed by atoms with Crippen LogP contribution in [0.25, 0.3) is 6.08 Å². The number of carbonyl (C=O) groups is 1. The van der Waals surface area contributed by atoms with E-state index in [1.54, 1.807) is 13.0 Å². The van der Waals surface area contributed by atoms with Crippen LogP contribution in [0.4, 0.5) is 0 Å². The number of esters is 1. The van der Waals surface area contributed by atoms with E-state index in [4.69, 9.17) is 4.74 Å². The molecule has 1 atom stereocenters. The zero-order chi connectivity index (χ0) is 17.7. The molecule has 0 bridgehead atoms. The van der Waals surface area contributed by atoms with Crippen LogP contribution in [-0.4, -0.2) is 5.97 Å². The first-order valence-electron chi connectivity index (χ1n) is 8.13. The molecule has 2 rings (SSSR count). The summed E-state index contributed by atoms with van der Waals surface area (Å²) in [6, 6.07) is 15.9. The van der Waals surface area contributed by atoms with Crippen molar-refractivity contribution in [1.82, 2.24) is 0 Å². The molecule has 0 radical (unpaired) electrons. The Morgan fingerprint density at radius 1 is 1.12 bits per heavy atom. The van der Waals surface area contributed by atoms with Gasteiger partial charge in [0.15, 0.2) is 5.60 Å². The van der Waals surface area contributed by atoms with Gasteiger partial charge in [-0.25, -0.2) is 4.79 Å². The van der Waals surface area contributed by atoms with Gasteiger partial charge in [-0.1, -0.05) is 74.7 Å². The Morgan fingerprint density at radius 2 is 1.71 bits per heavy atom. The molecular weight excluding hydrogens is 296 g/mol. The van der Waals surface area contributed by atoms with E-state index >= 15 is 0 Å². The second kappa shape index (κ2) is 7.31. The van der Waals surface area contributed by atoms with Crippen molar-refractivity contribution >= 4 is 12.0 Å². The highest BCUT2D eigenvalue weighted by atomic mass is 16.6. The van der Waals surface area contributed by atoms with Gasteiger partial charge in [0.2, 0.25) is 0 Å². The number of rotatable bonds is 6. The maximum atomic E-state index is 12.4. The first kappa shape index (κ1) is 17.7. The molecule has 0 spiro atoms. The topological polar surface area (TPSA) is 26.3 Å². The molecule has 2 heteroatoms. The molecule has 2 aromatic rings. The molecule has 0 N–H and O–H groups in total. The normalized spacial score (nSPS) is 13.0. The van der Waals surface area contributed by atoms with Crippen molar-refractivity contribution < 1.29 is 9.53 Å². The van der Waals surface area contributed by atoms with Gasteiger partial charge in [-0.2, -0.15) is 0 Å². The van der Waals surface area contributed by atoms with Crippen molar-refractivity contribution in [3.8, 4) is 0 Å². The predicted molar refractivity (Wildman–Crippen MR) is 99.7 cm³/mol. The standard InChI is InChI=1S/C22H24O2/c1-6-18-13-9-11-15-20(18)22(7-2,24-21(23)16(3)4)19-14-10-8-12-17(19)5/h6,8-15H,1,3,7H2,2,4-5H3. The molecule has 0 aliphatic rings. The molecule has 0 aromatic heterocycles. The molecule has 2 aromatic carbocycles. The number of hydrogen-bond acceptors (Lipinski definition) is 2. The molecule has 0 amide bonds. The summed E-state index contributed by atoms with van der Waals surface area (Å²) in [5.41, 5.74) is 3.47. The van der Waals surface area contributed by atoms with E-state index in [1.807, 2.05) is 62.4 Å². The van der Waals surface area contributed by atoms with E-state index in [9.17, 15) is 4.79 Å². The van der Waals surface area contributed by atoms with Gasteiger partial charge < -0.3 is 4.74 Å². The summed E-state index contributed by atoms with van der Waals surface area (Å²) in [5, 5.41) is 0. The molecule has 0 saturated carbocycles. The lowest BCUT2D eigenvalue weighted by Crippen LogP contribution is -2.35. The second-order valence-corrected chi connectivity index (χ2v) is 5.96. The minimum Gasteiger partial charge on any atom is -0.446 e. The fourth-order valence-corrected chi connectivity index (χ4v) is 3.02. The third-order valence-electron chi connectivity index (χ3n) is 4.31. The lowest BCUT2D eigenvalue weighted by atomic mass is 9.79. The average Bonchev–Trinajstić information content (AvgIpc) is 2.60. The van der Waals surface area contributed by atoms with Gasteiger partial charge in [-0.3, -0.25) is 0 Å². The fourth-order valence-electron chi connectivity index (χ4n) is 3.02. The van der Waals surface area contributed by atoms with Gasteiger partial charge in [0.05, 0.1) is 0 Å². The highest BCUT2D eigenvalue weighted by Crippen LogP contribution is 2.41. The Hall–Kier alpha value is -2.61. The molecule has 0 fully saturated rings. The summed E-state index contributed by atoms with van der Waals surface area (Å²) in [5.74, 6) is -0.390. The molecule has 1 unspecified atom stereocenters. The van der Waals surface area contributed by atoms with Crippen LogP contribution in [0.1, 0.15) is 42.5 Å². The van der Waals surface area contributed by atoms with Crippen molar-refractivity contribution in [3.63, 3.8) is 0 Å². The van der Waals surface area contributed by atoms with Gasteiger partial charge >= 0.3 is 5.97 Å². The summed E-state index contributed by atoms with van der Waals surface area (Å²) in [6.45, 7) is 13.4. The Bertz CT molecular complexity index is 773. The largest absolute Gasteiger partial charge is 0.446 e. The van der Waals surface area contributed by atoms with Crippen LogP contribution in [0.15, 0.2) is 67.3 Å². The summed E-state index contributed by atoms with van der Waals surface area (Å²) in [6.07, 6.45) is 2.41. The van der Waals surface area contributed by atoms with E-state index in [0.29, 0.717) is 12.0 Å². The molecule has 2 nitrogen and oxygen atoms in total. The highest BCUT2D eigenvalue weighted by molar-refractivity contribution is 5.87. The molecular formula is C22H24O2. The Morgan fingerprint density at radius 3 is 2.25 bits per heavy atom. The van der Waals surface area contributed by atoms with Crippen LogP contribution < -0.4 is 0 Å². The van der Waals surface area contributed by atoms with Crippen LogP contribution in [0, 0.1) is 6.92 Å². The van der Waals surface area contributed by atoms with Gasteiger partial charge in [-0.05, 0) is 31.4 Å². The van der Waals surface area contributed by atoms with Crippen LogP contribution in [0.5, 0.6) is 0 Å². The first-order chi connectivity index (χ1) is 11.5. The maximum Gasteiger partial charge on any atom is 0.334 e. The van der Waals surface area contributed by atoms with E-state index in [0.717, 1.165) is 22.3 Å². The van der Waals surface area contributed by atoms with Crippen LogP contribution in [0.3, 0.4) is 0 Å². The smallest absolute Gasteiger partial charge is 0.334 e. The summed E-state index contributed by atoms with van der Waals surface area (Å²) < 4.78 is 6.06. The van der Waals surface area contributed by atoms with Gasteiger partial charge in [-0.15, -0.1) is 0 Å². The predicted octanol–water partition coefficient (Wildman–Crippen LogP) is 5.41. The highest BCUT2D eigenvalue weighted by Gasteiger charge is 2.39. The quantitative estimate of drug-likeness (QED) is 0.525. The Kier molecular flexibility index (Phi) is 5.40. The zero-order valence-corrected chi connectivity index (χ0v) is 14.6. The van der Waals surface area contributed by atoms with E-state index in [-0.39, 0.29) is 5.97 Å². The van der Waals surface area contributed by atoms with Crippen LogP contribution in [-0.2, 0) is 15.1 Å². The van der Waals surface area contributed by atoms with E-state index < -0.39 is 5.60 Å². The molecule has 24 heavy (non-hydrogen) atoms. The SMILES string of the molecule is C=Cc1ccccc1C(CC)(OC(=O)C(=C)C)c1ccccc1C. The third-order valence-corrected chi connectivity index (χ3v) is 4.31. The molecule has 0 saturated heterocycles. The monoisotopic (exact) mass is 320 g/mol. The summed E-state index contributed by atoms with van der Waals surface area (Å²) >= 11 is 0. The zero-order valence-electron chi connectivity index (χ0n) is 14.6. The van der Waals surface area contributed by atoms with Crippen molar-refractivity contribution in [2.75, 3.05) is 0 Å². The van der Waals surface area contributed by atoms with Gasteiger partial charge in [0, 0.05) is 16.7 Å². The molecule has 124 valence electrons. The summed E-state index contributed by atoms with van der Waals surface area (Å²) in [7, 11) is 0. The number of aryl methyl sites for hydroxylation is 1.